The van der Waals surface area contributed by atoms with E-state index >= 15 is 0 Å². The number of sulfone groups is 1. The van der Waals surface area contributed by atoms with Crippen molar-refractivity contribution in [3.8, 4) is 0 Å². The molecule has 1 aliphatic rings. The lowest BCUT2D eigenvalue weighted by Crippen LogP contribution is -2.47. The maximum atomic E-state index is 12.0. The fraction of sp³-hybridized carbons (Fsp3) is 0.500. The van der Waals surface area contributed by atoms with Gasteiger partial charge in [-0.3, -0.25) is 4.79 Å². The van der Waals surface area contributed by atoms with E-state index in [0.717, 1.165) is 5.56 Å². The minimum absolute atomic E-state index is 0.00626. The largest absolute Gasteiger partial charge is 0.350 e. The van der Waals surface area contributed by atoms with Crippen LogP contribution in [0, 0.1) is 0 Å². The zero-order chi connectivity index (χ0) is 14.8. The molecule has 3 N–H and O–H groups in total. The molecule has 0 radical (unpaired) electrons. The lowest BCUT2D eigenvalue weighted by atomic mass is 10.00. The molecule has 0 aromatic heterocycles. The Bertz CT molecular complexity index is 586. The Labute approximate surface area is 119 Å². The van der Waals surface area contributed by atoms with Crippen LogP contribution in [0.1, 0.15) is 31.4 Å². The molecule has 6 heteroatoms. The molecule has 1 aromatic carbocycles. The van der Waals surface area contributed by atoms with E-state index < -0.39 is 15.4 Å². The topological polar surface area (TPSA) is 89.3 Å². The van der Waals surface area contributed by atoms with E-state index in [2.05, 4.69) is 5.32 Å². The first kappa shape index (κ1) is 15.0. The van der Waals surface area contributed by atoms with Crippen LogP contribution >= 0.6 is 0 Å². The van der Waals surface area contributed by atoms with Gasteiger partial charge in [-0.15, -0.1) is 0 Å². The molecule has 2 atom stereocenters. The third-order valence-corrected chi connectivity index (χ3v) is 5.48. The van der Waals surface area contributed by atoms with Crippen molar-refractivity contribution < 1.29 is 13.2 Å². The number of carbonyl (C=O) groups excluding carboxylic acids is 1. The van der Waals surface area contributed by atoms with Crippen LogP contribution < -0.4 is 11.1 Å². The van der Waals surface area contributed by atoms with Crippen molar-refractivity contribution in [2.24, 2.45) is 5.73 Å². The highest BCUT2D eigenvalue weighted by molar-refractivity contribution is 7.91. The van der Waals surface area contributed by atoms with Gasteiger partial charge < -0.3 is 11.1 Å². The Balaban J connectivity index is 1.93. The predicted octanol–water partition coefficient (Wildman–Crippen LogP) is 0.770. The minimum atomic E-state index is -3.03. The quantitative estimate of drug-likeness (QED) is 0.859. The van der Waals surface area contributed by atoms with Crippen molar-refractivity contribution in [1.82, 2.24) is 5.32 Å². The molecule has 110 valence electrons. The number of rotatable bonds is 4. The molecule has 0 aliphatic carbocycles. The van der Waals surface area contributed by atoms with Crippen molar-refractivity contribution in [2.75, 3.05) is 11.5 Å². The SMILES string of the molecule is CC1(NC(=O)CC(N)c2ccccc2)CCS(=O)(=O)C1. The van der Waals surface area contributed by atoms with Crippen molar-refractivity contribution in [3.05, 3.63) is 35.9 Å². The molecule has 1 heterocycles. The fourth-order valence-electron chi connectivity index (χ4n) is 2.51. The Hall–Kier alpha value is -1.40. The molecule has 0 saturated carbocycles. The Kier molecular flexibility index (Phi) is 4.15. The summed E-state index contributed by atoms with van der Waals surface area (Å²) in [7, 11) is -3.03. The normalized spacial score (nSPS) is 26.1. The molecule has 2 unspecified atom stereocenters. The third-order valence-electron chi connectivity index (χ3n) is 3.58. The van der Waals surface area contributed by atoms with Gasteiger partial charge in [0.25, 0.3) is 0 Å². The highest BCUT2D eigenvalue weighted by atomic mass is 32.2. The molecular formula is C14H20N2O3S. The van der Waals surface area contributed by atoms with Crippen molar-refractivity contribution in [1.29, 1.82) is 0 Å². The minimum Gasteiger partial charge on any atom is -0.350 e. The maximum absolute atomic E-state index is 12.0. The van der Waals surface area contributed by atoms with Gasteiger partial charge in [0.15, 0.2) is 9.84 Å². The van der Waals surface area contributed by atoms with Crippen molar-refractivity contribution in [2.45, 2.75) is 31.3 Å². The maximum Gasteiger partial charge on any atom is 0.222 e. The highest BCUT2D eigenvalue weighted by Crippen LogP contribution is 2.23. The van der Waals surface area contributed by atoms with Gasteiger partial charge >= 0.3 is 0 Å². The predicted molar refractivity (Wildman–Crippen MR) is 77.8 cm³/mol. The van der Waals surface area contributed by atoms with E-state index in [0.29, 0.717) is 6.42 Å². The fourth-order valence-corrected chi connectivity index (χ4v) is 4.61. The van der Waals surface area contributed by atoms with E-state index in [9.17, 15) is 13.2 Å². The van der Waals surface area contributed by atoms with Crippen LogP contribution in [-0.2, 0) is 14.6 Å². The van der Waals surface area contributed by atoms with Crippen LogP contribution in [0.15, 0.2) is 30.3 Å². The number of amides is 1. The van der Waals surface area contributed by atoms with Gasteiger partial charge in [0.05, 0.1) is 17.0 Å². The summed E-state index contributed by atoms with van der Waals surface area (Å²) in [6.07, 6.45) is 0.612. The van der Waals surface area contributed by atoms with E-state index in [1.54, 1.807) is 6.92 Å². The van der Waals surface area contributed by atoms with Gasteiger partial charge in [0.1, 0.15) is 0 Å². The number of carbonyl (C=O) groups is 1. The zero-order valence-corrected chi connectivity index (χ0v) is 12.3. The van der Waals surface area contributed by atoms with E-state index in [1.807, 2.05) is 30.3 Å². The third kappa shape index (κ3) is 3.80. The Morgan fingerprint density at radius 2 is 2.05 bits per heavy atom. The average molecular weight is 296 g/mol. The number of nitrogens with one attached hydrogen (secondary N) is 1. The first-order valence-corrected chi connectivity index (χ1v) is 8.44. The van der Waals surface area contributed by atoms with Crippen LogP contribution in [0.4, 0.5) is 0 Å². The summed E-state index contributed by atoms with van der Waals surface area (Å²) < 4.78 is 23.0. The summed E-state index contributed by atoms with van der Waals surface area (Å²) in [5.74, 6) is -0.0677. The Morgan fingerprint density at radius 1 is 1.40 bits per heavy atom. The number of nitrogens with two attached hydrogens (primary N) is 1. The van der Waals surface area contributed by atoms with E-state index in [4.69, 9.17) is 5.73 Å². The molecule has 1 aliphatic heterocycles. The van der Waals surface area contributed by atoms with Crippen molar-refractivity contribution >= 4 is 15.7 Å². The zero-order valence-electron chi connectivity index (χ0n) is 11.5. The summed E-state index contributed by atoms with van der Waals surface area (Å²) in [6, 6.07) is 9.01. The molecule has 1 aromatic rings. The van der Waals surface area contributed by atoms with Gasteiger partial charge in [-0.05, 0) is 18.9 Å². The molecule has 1 fully saturated rings. The van der Waals surface area contributed by atoms with Gasteiger partial charge in [-0.2, -0.15) is 0 Å². The highest BCUT2D eigenvalue weighted by Gasteiger charge is 2.39. The summed E-state index contributed by atoms with van der Waals surface area (Å²) in [5.41, 5.74) is 6.22. The summed E-state index contributed by atoms with van der Waals surface area (Å²) in [4.78, 5) is 12.0. The average Bonchev–Trinajstić information content (AvgIpc) is 2.64. The van der Waals surface area contributed by atoms with Gasteiger partial charge in [-0.25, -0.2) is 8.42 Å². The van der Waals surface area contributed by atoms with Crippen molar-refractivity contribution in [3.63, 3.8) is 0 Å². The van der Waals surface area contributed by atoms with E-state index in [1.165, 1.54) is 0 Å². The van der Waals surface area contributed by atoms with Gasteiger partial charge in [0, 0.05) is 12.5 Å². The van der Waals surface area contributed by atoms with E-state index in [-0.39, 0.29) is 29.9 Å². The summed E-state index contributed by atoms with van der Waals surface area (Å²) in [5, 5.41) is 2.81. The number of hydrogen-bond donors (Lipinski definition) is 2. The molecule has 1 saturated heterocycles. The lowest BCUT2D eigenvalue weighted by molar-refractivity contribution is -0.122. The first-order chi connectivity index (χ1) is 9.30. The van der Waals surface area contributed by atoms with Crippen LogP contribution in [0.25, 0.3) is 0 Å². The van der Waals surface area contributed by atoms with Crippen LogP contribution in [0.5, 0.6) is 0 Å². The second kappa shape index (κ2) is 5.54. The molecular weight excluding hydrogens is 276 g/mol. The second-order valence-electron chi connectivity index (χ2n) is 5.67. The monoisotopic (exact) mass is 296 g/mol. The standard InChI is InChI=1S/C14H20N2O3S/c1-14(7-8-20(18,19)10-14)16-13(17)9-12(15)11-5-3-2-4-6-11/h2-6,12H,7-10,15H2,1H3,(H,16,17). The smallest absolute Gasteiger partial charge is 0.222 e. The Morgan fingerprint density at radius 3 is 2.60 bits per heavy atom. The molecule has 0 bridgehead atoms. The second-order valence-corrected chi connectivity index (χ2v) is 7.86. The lowest BCUT2D eigenvalue weighted by Gasteiger charge is -2.24. The first-order valence-electron chi connectivity index (χ1n) is 6.62. The molecule has 2 rings (SSSR count). The number of hydrogen-bond acceptors (Lipinski definition) is 4. The molecule has 20 heavy (non-hydrogen) atoms. The molecule has 0 spiro atoms. The molecule has 1 amide bonds. The summed E-state index contributed by atoms with van der Waals surface area (Å²) >= 11 is 0. The van der Waals surface area contributed by atoms with Gasteiger partial charge in [-0.1, -0.05) is 30.3 Å². The number of benzene rings is 1. The summed E-state index contributed by atoms with van der Waals surface area (Å²) in [6.45, 7) is 1.77. The van der Waals surface area contributed by atoms with Gasteiger partial charge in [0.2, 0.25) is 5.91 Å². The van der Waals surface area contributed by atoms with Crippen LogP contribution in [-0.4, -0.2) is 31.4 Å². The molecule has 5 nitrogen and oxygen atoms in total. The van der Waals surface area contributed by atoms with Crippen LogP contribution in [0.2, 0.25) is 0 Å². The van der Waals surface area contributed by atoms with Crippen LogP contribution in [0.3, 0.4) is 0 Å².